The van der Waals surface area contributed by atoms with Crippen molar-refractivity contribution in [3.8, 4) is 5.69 Å². The molecule has 2 atom stereocenters. The molecule has 2 aromatic rings. The number of amides is 1. The van der Waals surface area contributed by atoms with Crippen LogP contribution in [0.3, 0.4) is 0 Å². The molecule has 1 aromatic carbocycles. The fourth-order valence-electron chi connectivity index (χ4n) is 2.23. The number of rotatable bonds is 6. The van der Waals surface area contributed by atoms with E-state index in [1.165, 1.54) is 30.3 Å². The molecule has 0 unspecified atom stereocenters. The molecule has 7 nitrogen and oxygen atoms in total. The molecule has 1 aromatic heterocycles. The molecule has 25 heavy (non-hydrogen) atoms. The van der Waals surface area contributed by atoms with E-state index in [-0.39, 0.29) is 17.3 Å². The van der Waals surface area contributed by atoms with E-state index in [0.717, 1.165) is 10.7 Å². The lowest BCUT2D eigenvalue weighted by molar-refractivity contribution is -0.140. The van der Waals surface area contributed by atoms with Crippen LogP contribution < -0.4 is 10.9 Å². The van der Waals surface area contributed by atoms with Gasteiger partial charge in [0.25, 0.3) is 11.5 Å². The Bertz CT molecular complexity index is 850. The zero-order valence-electron chi connectivity index (χ0n) is 13.8. The van der Waals surface area contributed by atoms with Gasteiger partial charge in [0.2, 0.25) is 0 Å². The molecule has 0 saturated heterocycles. The molecule has 8 heteroatoms. The molecule has 0 radical (unpaired) electrons. The van der Waals surface area contributed by atoms with Gasteiger partial charge in [0.1, 0.15) is 23.2 Å². The van der Waals surface area contributed by atoms with E-state index in [4.69, 9.17) is 0 Å². The lowest BCUT2D eigenvalue weighted by atomic mass is 9.99. The molecule has 2 rings (SSSR count). The van der Waals surface area contributed by atoms with E-state index in [0.29, 0.717) is 6.42 Å². The highest BCUT2D eigenvalue weighted by molar-refractivity contribution is 5.94. The van der Waals surface area contributed by atoms with Crippen molar-refractivity contribution < 1.29 is 19.1 Å². The number of carboxylic acids is 1. The van der Waals surface area contributed by atoms with Crippen molar-refractivity contribution in [2.75, 3.05) is 0 Å². The summed E-state index contributed by atoms with van der Waals surface area (Å²) in [6, 6.07) is 6.67. The average Bonchev–Trinajstić information content (AvgIpc) is 2.59. The van der Waals surface area contributed by atoms with Gasteiger partial charge in [0.05, 0.1) is 0 Å². The Morgan fingerprint density at radius 1 is 1.28 bits per heavy atom. The van der Waals surface area contributed by atoms with Gasteiger partial charge in [-0.2, -0.15) is 9.78 Å². The van der Waals surface area contributed by atoms with Gasteiger partial charge in [-0.05, 0) is 24.1 Å². The van der Waals surface area contributed by atoms with Gasteiger partial charge in [-0.3, -0.25) is 9.59 Å². The van der Waals surface area contributed by atoms with Crippen molar-refractivity contribution in [2.45, 2.75) is 26.3 Å². The van der Waals surface area contributed by atoms with Crippen LogP contribution in [0.2, 0.25) is 0 Å². The molecular weight excluding hydrogens is 329 g/mol. The Kier molecular flexibility index (Phi) is 5.63. The first kappa shape index (κ1) is 18.3. The first-order valence-corrected chi connectivity index (χ1v) is 7.74. The summed E-state index contributed by atoms with van der Waals surface area (Å²) in [5.74, 6) is -2.88. The van der Waals surface area contributed by atoms with Crippen molar-refractivity contribution in [2.24, 2.45) is 5.92 Å². The minimum absolute atomic E-state index is 0.0983. The quantitative estimate of drug-likeness (QED) is 0.826. The van der Waals surface area contributed by atoms with Gasteiger partial charge in [0.15, 0.2) is 0 Å². The van der Waals surface area contributed by atoms with Crippen molar-refractivity contribution in [1.82, 2.24) is 15.1 Å². The fourth-order valence-corrected chi connectivity index (χ4v) is 2.23. The smallest absolute Gasteiger partial charge is 0.326 e. The van der Waals surface area contributed by atoms with Crippen LogP contribution in [0.15, 0.2) is 41.2 Å². The van der Waals surface area contributed by atoms with Crippen molar-refractivity contribution in [3.63, 3.8) is 0 Å². The van der Waals surface area contributed by atoms with Crippen molar-refractivity contribution in [3.05, 3.63) is 58.3 Å². The molecule has 1 heterocycles. The number of carbonyl (C=O) groups is 2. The normalized spacial score (nSPS) is 13.1. The summed E-state index contributed by atoms with van der Waals surface area (Å²) >= 11 is 0. The highest BCUT2D eigenvalue weighted by atomic mass is 19.1. The zero-order chi connectivity index (χ0) is 18.6. The molecule has 1 amide bonds. The van der Waals surface area contributed by atoms with Crippen LogP contribution in [0, 0.1) is 11.7 Å². The van der Waals surface area contributed by atoms with Gasteiger partial charge in [0, 0.05) is 6.07 Å². The summed E-state index contributed by atoms with van der Waals surface area (Å²) in [6.45, 7) is 3.51. The summed E-state index contributed by atoms with van der Waals surface area (Å²) in [6.07, 6.45) is 0.555. The summed E-state index contributed by atoms with van der Waals surface area (Å²) < 4.78 is 14.6. The highest BCUT2D eigenvalue weighted by Crippen LogP contribution is 2.11. The molecule has 0 aliphatic heterocycles. The van der Waals surface area contributed by atoms with E-state index in [9.17, 15) is 23.9 Å². The lowest BCUT2D eigenvalue weighted by Gasteiger charge is -2.20. The van der Waals surface area contributed by atoms with E-state index in [1.54, 1.807) is 6.92 Å². The highest BCUT2D eigenvalue weighted by Gasteiger charge is 2.26. The Morgan fingerprint density at radius 2 is 1.96 bits per heavy atom. The number of nitrogens with zero attached hydrogens (tertiary/aromatic N) is 2. The fraction of sp³-hybridized carbons (Fsp3) is 0.294. The monoisotopic (exact) mass is 347 g/mol. The predicted octanol–water partition coefficient (Wildman–Crippen LogP) is 1.60. The molecule has 0 saturated carbocycles. The number of hydrogen-bond acceptors (Lipinski definition) is 4. The van der Waals surface area contributed by atoms with E-state index < -0.39 is 29.3 Å². The number of nitrogens with one attached hydrogen (secondary N) is 1. The molecule has 0 bridgehead atoms. The summed E-state index contributed by atoms with van der Waals surface area (Å²) in [5, 5.41) is 15.5. The Labute approximate surface area is 143 Å². The topological polar surface area (TPSA) is 101 Å². The van der Waals surface area contributed by atoms with Gasteiger partial charge >= 0.3 is 5.97 Å². The number of hydrogen-bond donors (Lipinski definition) is 2. The molecular formula is C17H18FN3O4. The first-order valence-electron chi connectivity index (χ1n) is 7.74. The Balaban J connectivity index is 2.36. The van der Waals surface area contributed by atoms with Crippen LogP contribution in [-0.2, 0) is 4.79 Å². The standard InChI is InChI=1S/C17H18FN3O4/c1-3-10(2)15(17(24)25)19-16(23)12-8-9-14(22)21(20-12)13-7-5-4-6-11(13)18/h4-10,15H,3H2,1-2H3,(H,19,23)(H,24,25)/t10-,15-/m0/s1. The predicted molar refractivity (Wildman–Crippen MR) is 88.1 cm³/mol. The second-order valence-electron chi connectivity index (χ2n) is 5.59. The second kappa shape index (κ2) is 7.69. The molecule has 132 valence electrons. The third-order valence-electron chi connectivity index (χ3n) is 3.88. The van der Waals surface area contributed by atoms with Crippen LogP contribution in [0.4, 0.5) is 4.39 Å². The number of halogens is 1. The third-order valence-corrected chi connectivity index (χ3v) is 3.88. The van der Waals surface area contributed by atoms with Gasteiger partial charge < -0.3 is 10.4 Å². The van der Waals surface area contributed by atoms with Crippen LogP contribution in [0.1, 0.15) is 30.8 Å². The molecule has 2 N–H and O–H groups in total. The van der Waals surface area contributed by atoms with Gasteiger partial charge in [-0.1, -0.05) is 32.4 Å². The van der Waals surface area contributed by atoms with Crippen LogP contribution in [-0.4, -0.2) is 32.8 Å². The second-order valence-corrected chi connectivity index (χ2v) is 5.59. The largest absolute Gasteiger partial charge is 0.480 e. The van der Waals surface area contributed by atoms with Crippen molar-refractivity contribution in [1.29, 1.82) is 0 Å². The molecule has 0 aliphatic carbocycles. The number of aromatic nitrogens is 2. The first-order chi connectivity index (χ1) is 11.8. The minimum atomic E-state index is -1.16. The summed E-state index contributed by atoms with van der Waals surface area (Å²) in [7, 11) is 0. The maximum atomic E-state index is 13.9. The Morgan fingerprint density at radius 3 is 2.56 bits per heavy atom. The number of para-hydroxylation sites is 1. The van der Waals surface area contributed by atoms with E-state index in [1.807, 2.05) is 6.92 Å². The summed E-state index contributed by atoms with van der Waals surface area (Å²) in [4.78, 5) is 35.6. The maximum Gasteiger partial charge on any atom is 0.326 e. The van der Waals surface area contributed by atoms with Crippen LogP contribution >= 0.6 is 0 Å². The number of benzene rings is 1. The lowest BCUT2D eigenvalue weighted by Crippen LogP contribution is -2.45. The van der Waals surface area contributed by atoms with Gasteiger partial charge in [-0.25, -0.2) is 9.18 Å². The average molecular weight is 347 g/mol. The van der Waals surface area contributed by atoms with Crippen molar-refractivity contribution >= 4 is 11.9 Å². The zero-order valence-corrected chi connectivity index (χ0v) is 13.8. The molecule has 0 spiro atoms. The van der Waals surface area contributed by atoms with E-state index in [2.05, 4.69) is 10.4 Å². The number of carboxylic acid groups (broad SMARTS) is 1. The minimum Gasteiger partial charge on any atom is -0.480 e. The van der Waals surface area contributed by atoms with Crippen LogP contribution in [0.25, 0.3) is 5.69 Å². The SMILES string of the molecule is CC[C@H](C)[C@H](NC(=O)c1ccc(=O)n(-c2ccccc2F)n1)C(=O)O. The number of carbonyl (C=O) groups excluding carboxylic acids is 1. The van der Waals surface area contributed by atoms with Gasteiger partial charge in [-0.15, -0.1) is 0 Å². The van der Waals surface area contributed by atoms with Crippen LogP contribution in [0.5, 0.6) is 0 Å². The summed E-state index contributed by atoms with van der Waals surface area (Å²) in [5.41, 5.74) is -0.894. The Hall–Kier alpha value is -3.03. The third kappa shape index (κ3) is 4.09. The maximum absolute atomic E-state index is 13.9. The molecule has 0 fully saturated rings. The molecule has 0 aliphatic rings. The van der Waals surface area contributed by atoms with E-state index >= 15 is 0 Å². The number of aliphatic carboxylic acids is 1.